The second kappa shape index (κ2) is 6.69. The van der Waals surface area contributed by atoms with Crippen molar-refractivity contribution >= 4 is 5.78 Å². The molecular weight excluding hydrogens is 362 g/mol. The van der Waals surface area contributed by atoms with Gasteiger partial charge in [0.2, 0.25) is 0 Å². The number of aliphatic hydroxyl groups excluding tert-OH is 1. The minimum absolute atomic E-state index is 0.0651. The van der Waals surface area contributed by atoms with Crippen molar-refractivity contribution in [1.29, 1.82) is 0 Å². The van der Waals surface area contributed by atoms with Gasteiger partial charge in [-0.1, -0.05) is 25.1 Å². The van der Waals surface area contributed by atoms with E-state index in [0.717, 1.165) is 41.9 Å². The highest BCUT2D eigenvalue weighted by molar-refractivity contribution is 5.96. The standard InChI is InChI=1S/C24H23N3O2/c1-24-14-17(15-28)21(29)13-18(24)7-8-20-22(24)26-23(16-9-11-25-12-10-16)27(20)19-5-3-2-4-6-19/h2-6,9-12,15,18,28H,7-8,13-14H2,1H3/b17-15-. The normalized spacial score (nSPS) is 24.9. The molecule has 5 rings (SSSR count). The van der Waals surface area contributed by atoms with E-state index in [1.165, 1.54) is 5.69 Å². The van der Waals surface area contributed by atoms with Crippen molar-refractivity contribution in [3.63, 3.8) is 0 Å². The molecule has 3 aromatic rings. The number of hydrogen-bond donors (Lipinski definition) is 1. The van der Waals surface area contributed by atoms with Gasteiger partial charge in [0.15, 0.2) is 5.78 Å². The first-order chi connectivity index (χ1) is 14.1. The molecule has 2 aliphatic carbocycles. The lowest BCUT2D eigenvalue weighted by Gasteiger charge is -2.44. The maximum atomic E-state index is 12.4. The molecule has 2 unspecified atom stereocenters. The highest BCUT2D eigenvalue weighted by Crippen LogP contribution is 2.51. The summed E-state index contributed by atoms with van der Waals surface area (Å²) in [5.41, 5.74) is 4.60. The topological polar surface area (TPSA) is 68.0 Å². The Morgan fingerprint density at radius 1 is 1.17 bits per heavy atom. The van der Waals surface area contributed by atoms with Crippen molar-refractivity contribution < 1.29 is 9.90 Å². The number of carbonyl (C=O) groups excluding carboxylic acids is 1. The number of ketones is 1. The highest BCUT2D eigenvalue weighted by Gasteiger charge is 2.49. The van der Waals surface area contributed by atoms with Gasteiger partial charge >= 0.3 is 0 Å². The Kier molecular flexibility index (Phi) is 4.12. The number of aromatic nitrogens is 3. The molecule has 2 aliphatic rings. The molecular formula is C24H23N3O2. The Hall–Kier alpha value is -3.21. The number of para-hydroxylation sites is 1. The van der Waals surface area contributed by atoms with E-state index in [2.05, 4.69) is 28.6 Å². The average Bonchev–Trinajstić information content (AvgIpc) is 3.16. The van der Waals surface area contributed by atoms with Crippen molar-refractivity contribution in [3.8, 4) is 17.1 Å². The third-order valence-corrected chi connectivity index (χ3v) is 6.60. The molecule has 1 fully saturated rings. The summed E-state index contributed by atoms with van der Waals surface area (Å²) < 4.78 is 2.25. The number of aliphatic hydroxyl groups is 1. The number of fused-ring (bicyclic) bond motifs is 3. The Balaban J connectivity index is 1.75. The van der Waals surface area contributed by atoms with Gasteiger partial charge in [-0.15, -0.1) is 0 Å². The third kappa shape index (κ3) is 2.72. The van der Waals surface area contributed by atoms with Crippen LogP contribution in [0.4, 0.5) is 0 Å². The molecule has 0 bridgehead atoms. The summed E-state index contributed by atoms with van der Waals surface area (Å²) >= 11 is 0. The maximum absolute atomic E-state index is 12.4. The summed E-state index contributed by atoms with van der Waals surface area (Å²) in [6, 6.07) is 14.3. The van der Waals surface area contributed by atoms with E-state index < -0.39 is 0 Å². The molecule has 0 radical (unpaired) electrons. The van der Waals surface area contributed by atoms with E-state index in [-0.39, 0.29) is 17.1 Å². The van der Waals surface area contributed by atoms with Gasteiger partial charge in [0.1, 0.15) is 5.82 Å². The molecule has 0 saturated heterocycles. The Morgan fingerprint density at radius 2 is 1.93 bits per heavy atom. The number of hydrogen-bond acceptors (Lipinski definition) is 4. The number of benzene rings is 1. The summed E-state index contributed by atoms with van der Waals surface area (Å²) in [7, 11) is 0. The number of imidazole rings is 1. The monoisotopic (exact) mass is 385 g/mol. The number of Topliss-reactive ketones (excluding diaryl/α,β-unsaturated/α-hetero) is 1. The second-order valence-electron chi connectivity index (χ2n) is 8.25. The molecule has 5 heteroatoms. The number of pyridine rings is 1. The summed E-state index contributed by atoms with van der Waals surface area (Å²) in [5, 5.41) is 9.61. The highest BCUT2D eigenvalue weighted by atomic mass is 16.2. The number of nitrogens with zero attached hydrogens (tertiary/aromatic N) is 3. The molecule has 1 aromatic carbocycles. The van der Waals surface area contributed by atoms with Gasteiger partial charge in [0.25, 0.3) is 0 Å². The van der Waals surface area contributed by atoms with Gasteiger partial charge in [-0.3, -0.25) is 14.3 Å². The molecule has 0 amide bonds. The minimum Gasteiger partial charge on any atom is -0.515 e. The van der Waals surface area contributed by atoms with E-state index >= 15 is 0 Å². The Labute approximate surface area is 169 Å². The smallest absolute Gasteiger partial charge is 0.162 e. The fourth-order valence-corrected chi connectivity index (χ4v) is 5.04. The van der Waals surface area contributed by atoms with Gasteiger partial charge in [0.05, 0.1) is 12.0 Å². The zero-order valence-electron chi connectivity index (χ0n) is 16.4. The molecule has 0 spiro atoms. The fourth-order valence-electron chi connectivity index (χ4n) is 5.04. The lowest BCUT2D eigenvalue weighted by atomic mass is 9.59. The lowest BCUT2D eigenvalue weighted by Crippen LogP contribution is -2.43. The van der Waals surface area contributed by atoms with Crippen LogP contribution in [0.5, 0.6) is 0 Å². The second-order valence-corrected chi connectivity index (χ2v) is 8.25. The van der Waals surface area contributed by atoms with E-state index in [9.17, 15) is 9.90 Å². The Bertz CT molecular complexity index is 1100. The maximum Gasteiger partial charge on any atom is 0.162 e. The predicted octanol–water partition coefficient (Wildman–Crippen LogP) is 4.56. The number of allylic oxidation sites excluding steroid dienone is 1. The summed E-state index contributed by atoms with van der Waals surface area (Å²) in [6.45, 7) is 2.20. The largest absolute Gasteiger partial charge is 0.515 e. The molecule has 0 aliphatic heterocycles. The zero-order valence-corrected chi connectivity index (χ0v) is 16.4. The van der Waals surface area contributed by atoms with Gasteiger partial charge in [-0.25, -0.2) is 4.98 Å². The molecule has 29 heavy (non-hydrogen) atoms. The van der Waals surface area contributed by atoms with E-state index in [1.807, 2.05) is 30.3 Å². The SMILES string of the molecule is CC12C/C(=C/O)C(=O)CC1CCc1c2nc(-c2ccncc2)n1-c1ccccc1. The quantitative estimate of drug-likeness (QED) is 0.519. The van der Waals surface area contributed by atoms with Crippen LogP contribution in [-0.4, -0.2) is 25.4 Å². The number of carbonyl (C=O) groups is 1. The zero-order chi connectivity index (χ0) is 20.0. The van der Waals surface area contributed by atoms with Crippen molar-refractivity contribution in [2.24, 2.45) is 5.92 Å². The van der Waals surface area contributed by atoms with Crippen molar-refractivity contribution in [1.82, 2.24) is 14.5 Å². The molecule has 2 atom stereocenters. The lowest BCUT2D eigenvalue weighted by molar-refractivity contribution is -0.119. The van der Waals surface area contributed by atoms with Gasteiger partial charge < -0.3 is 5.11 Å². The van der Waals surface area contributed by atoms with Crippen molar-refractivity contribution in [3.05, 3.63) is 78.1 Å². The first kappa shape index (κ1) is 17.9. The minimum atomic E-state index is -0.266. The first-order valence-corrected chi connectivity index (χ1v) is 10.1. The molecule has 1 saturated carbocycles. The van der Waals surface area contributed by atoms with E-state index in [1.54, 1.807) is 12.4 Å². The summed E-state index contributed by atoms with van der Waals surface area (Å²) in [5.74, 6) is 1.21. The summed E-state index contributed by atoms with van der Waals surface area (Å²) in [4.78, 5) is 21.7. The average molecular weight is 385 g/mol. The van der Waals surface area contributed by atoms with E-state index in [4.69, 9.17) is 4.98 Å². The van der Waals surface area contributed by atoms with Gasteiger partial charge in [0, 0.05) is 46.7 Å². The third-order valence-electron chi connectivity index (χ3n) is 6.60. The predicted molar refractivity (Wildman–Crippen MR) is 111 cm³/mol. The van der Waals surface area contributed by atoms with Crippen molar-refractivity contribution in [2.45, 2.75) is 38.0 Å². The van der Waals surface area contributed by atoms with Crippen LogP contribution in [0.1, 0.15) is 37.6 Å². The molecule has 146 valence electrons. The van der Waals surface area contributed by atoms with Gasteiger partial charge in [-0.2, -0.15) is 0 Å². The van der Waals surface area contributed by atoms with Crippen LogP contribution in [0, 0.1) is 5.92 Å². The summed E-state index contributed by atoms with van der Waals surface area (Å²) in [6.07, 6.45) is 7.41. The van der Waals surface area contributed by atoms with Crippen LogP contribution in [-0.2, 0) is 16.6 Å². The van der Waals surface area contributed by atoms with Crippen LogP contribution in [0.25, 0.3) is 17.1 Å². The molecule has 2 heterocycles. The van der Waals surface area contributed by atoms with Crippen molar-refractivity contribution in [2.75, 3.05) is 0 Å². The molecule has 2 aromatic heterocycles. The van der Waals surface area contributed by atoms with Crippen LogP contribution in [0.2, 0.25) is 0 Å². The fraction of sp³-hybridized carbons (Fsp3) is 0.292. The Morgan fingerprint density at radius 3 is 2.66 bits per heavy atom. The van der Waals surface area contributed by atoms with Crippen LogP contribution in [0.3, 0.4) is 0 Å². The van der Waals surface area contributed by atoms with E-state index in [0.29, 0.717) is 18.4 Å². The first-order valence-electron chi connectivity index (χ1n) is 10.1. The van der Waals surface area contributed by atoms with Crippen LogP contribution >= 0.6 is 0 Å². The van der Waals surface area contributed by atoms with Crippen LogP contribution in [0.15, 0.2) is 66.7 Å². The molecule has 5 nitrogen and oxygen atoms in total. The number of rotatable bonds is 2. The molecule has 1 N–H and O–H groups in total. The van der Waals surface area contributed by atoms with Gasteiger partial charge in [-0.05, 0) is 49.4 Å². The van der Waals surface area contributed by atoms with Crippen LogP contribution < -0.4 is 0 Å².